The molecular formula is C21H12FN3OS. The average Bonchev–Trinajstić information content (AvgIpc) is 3.04. The van der Waals surface area contributed by atoms with Crippen LogP contribution in [0.25, 0.3) is 31.5 Å². The lowest BCUT2D eigenvalue weighted by molar-refractivity contribution is 0.102. The van der Waals surface area contributed by atoms with Crippen molar-refractivity contribution in [1.29, 1.82) is 0 Å². The number of carbonyl (C=O) groups excluding carboxylic acids is 1. The van der Waals surface area contributed by atoms with Crippen LogP contribution in [-0.4, -0.2) is 15.9 Å². The molecule has 0 unspecified atom stereocenters. The molecule has 130 valence electrons. The number of benzene rings is 3. The number of fused-ring (bicyclic) bond motifs is 4. The lowest BCUT2D eigenvalue weighted by Crippen LogP contribution is -2.11. The van der Waals surface area contributed by atoms with Gasteiger partial charge < -0.3 is 5.32 Å². The summed E-state index contributed by atoms with van der Waals surface area (Å²) in [5.74, 6) is -0.596. The molecule has 0 spiro atoms. The minimum atomic E-state index is -0.343. The molecule has 0 saturated heterocycles. The predicted octanol–water partition coefficient (Wildman–Crippen LogP) is 5.39. The number of nitrogens with zero attached hydrogens (tertiary/aromatic N) is 2. The molecule has 2 aromatic heterocycles. The third kappa shape index (κ3) is 2.80. The number of halogens is 1. The molecule has 0 saturated carbocycles. The first-order chi connectivity index (χ1) is 13.2. The largest absolute Gasteiger partial charge is 0.322 e. The Bertz CT molecular complexity index is 1330. The molecule has 3 aromatic carbocycles. The van der Waals surface area contributed by atoms with Crippen LogP contribution in [0, 0.1) is 5.82 Å². The number of carbonyl (C=O) groups is 1. The second kappa shape index (κ2) is 6.10. The van der Waals surface area contributed by atoms with E-state index < -0.39 is 0 Å². The number of rotatable bonds is 2. The molecule has 0 aliphatic rings. The Hall–Kier alpha value is -3.38. The summed E-state index contributed by atoms with van der Waals surface area (Å²) >= 11 is 1.56. The smallest absolute Gasteiger partial charge is 0.255 e. The van der Waals surface area contributed by atoms with Crippen LogP contribution in [-0.2, 0) is 0 Å². The molecule has 0 bridgehead atoms. The highest BCUT2D eigenvalue weighted by atomic mass is 32.1. The zero-order chi connectivity index (χ0) is 18.4. The van der Waals surface area contributed by atoms with E-state index in [1.807, 2.05) is 36.4 Å². The summed E-state index contributed by atoms with van der Waals surface area (Å²) in [5, 5.41) is 3.68. The maximum absolute atomic E-state index is 13.0. The average molecular weight is 373 g/mol. The second-order valence-electron chi connectivity index (χ2n) is 6.14. The number of hydrogen-bond acceptors (Lipinski definition) is 4. The van der Waals surface area contributed by atoms with Crippen molar-refractivity contribution in [2.75, 3.05) is 5.32 Å². The zero-order valence-corrected chi connectivity index (χ0v) is 14.8. The van der Waals surface area contributed by atoms with Gasteiger partial charge in [-0.25, -0.2) is 14.4 Å². The van der Waals surface area contributed by atoms with Gasteiger partial charge in [-0.2, -0.15) is 0 Å². The van der Waals surface area contributed by atoms with E-state index in [0.717, 1.165) is 31.5 Å². The Morgan fingerprint density at radius 3 is 2.44 bits per heavy atom. The minimum absolute atomic E-state index is 0.253. The van der Waals surface area contributed by atoms with E-state index in [9.17, 15) is 9.18 Å². The number of anilines is 1. The van der Waals surface area contributed by atoms with Crippen LogP contribution in [0.5, 0.6) is 0 Å². The van der Waals surface area contributed by atoms with Gasteiger partial charge >= 0.3 is 0 Å². The van der Waals surface area contributed by atoms with Crippen LogP contribution >= 0.6 is 11.3 Å². The summed E-state index contributed by atoms with van der Waals surface area (Å²) in [4.78, 5) is 22.8. The summed E-state index contributed by atoms with van der Waals surface area (Å²) in [5.41, 5.74) is 3.53. The molecular weight excluding hydrogens is 361 g/mol. The van der Waals surface area contributed by atoms with Gasteiger partial charge in [-0.05, 0) is 54.6 Å². The second-order valence-corrected chi connectivity index (χ2v) is 7.17. The Labute approximate surface area is 157 Å². The highest BCUT2D eigenvalue weighted by Crippen LogP contribution is 2.33. The lowest BCUT2D eigenvalue weighted by Gasteiger charge is -2.05. The summed E-state index contributed by atoms with van der Waals surface area (Å²) < 4.78 is 14.0. The predicted molar refractivity (Wildman–Crippen MR) is 107 cm³/mol. The monoisotopic (exact) mass is 373 g/mol. The molecule has 0 radical (unpaired) electrons. The van der Waals surface area contributed by atoms with E-state index >= 15 is 0 Å². The molecule has 0 aliphatic heterocycles. The Morgan fingerprint density at radius 2 is 1.67 bits per heavy atom. The van der Waals surface area contributed by atoms with Gasteiger partial charge in [0, 0.05) is 21.3 Å². The van der Waals surface area contributed by atoms with E-state index in [1.54, 1.807) is 17.4 Å². The van der Waals surface area contributed by atoms with Crippen molar-refractivity contribution in [2.24, 2.45) is 0 Å². The molecule has 0 aliphatic carbocycles. The highest BCUT2D eigenvalue weighted by molar-refractivity contribution is 7.25. The summed E-state index contributed by atoms with van der Waals surface area (Å²) in [7, 11) is 0. The van der Waals surface area contributed by atoms with Crippen molar-refractivity contribution >= 4 is 54.4 Å². The SMILES string of the molecule is O=C(Nc1ccc(F)cc1)c1ccc2sc3nc4ccccc4nc3c2c1. The molecule has 5 aromatic rings. The number of thiophene rings is 1. The maximum atomic E-state index is 13.0. The number of nitrogens with one attached hydrogen (secondary N) is 1. The third-order valence-corrected chi connectivity index (χ3v) is 5.40. The highest BCUT2D eigenvalue weighted by Gasteiger charge is 2.13. The van der Waals surface area contributed by atoms with Crippen LogP contribution in [0.4, 0.5) is 10.1 Å². The fourth-order valence-electron chi connectivity index (χ4n) is 3.02. The van der Waals surface area contributed by atoms with Crippen LogP contribution in [0.15, 0.2) is 66.7 Å². The van der Waals surface area contributed by atoms with Gasteiger partial charge in [0.15, 0.2) is 0 Å². The van der Waals surface area contributed by atoms with E-state index in [1.165, 1.54) is 24.3 Å². The van der Waals surface area contributed by atoms with E-state index in [0.29, 0.717) is 11.3 Å². The number of hydrogen-bond donors (Lipinski definition) is 1. The Morgan fingerprint density at radius 1 is 0.926 bits per heavy atom. The fraction of sp³-hybridized carbons (Fsp3) is 0. The maximum Gasteiger partial charge on any atom is 0.255 e. The van der Waals surface area contributed by atoms with Gasteiger partial charge in [-0.1, -0.05) is 12.1 Å². The molecule has 6 heteroatoms. The first kappa shape index (κ1) is 15.8. The van der Waals surface area contributed by atoms with Gasteiger partial charge in [0.25, 0.3) is 5.91 Å². The van der Waals surface area contributed by atoms with Crippen molar-refractivity contribution in [2.45, 2.75) is 0 Å². The van der Waals surface area contributed by atoms with Gasteiger partial charge in [0.1, 0.15) is 16.2 Å². The number of para-hydroxylation sites is 2. The van der Waals surface area contributed by atoms with Crippen LogP contribution in [0.3, 0.4) is 0 Å². The molecule has 1 amide bonds. The molecule has 5 rings (SSSR count). The third-order valence-electron chi connectivity index (χ3n) is 4.34. The quantitative estimate of drug-likeness (QED) is 0.451. The van der Waals surface area contributed by atoms with Gasteiger partial charge in [0.2, 0.25) is 0 Å². The van der Waals surface area contributed by atoms with Crippen molar-refractivity contribution in [3.63, 3.8) is 0 Å². The lowest BCUT2D eigenvalue weighted by atomic mass is 10.1. The molecule has 0 atom stereocenters. The Kier molecular flexibility index (Phi) is 3.58. The van der Waals surface area contributed by atoms with E-state index in [2.05, 4.69) is 10.3 Å². The van der Waals surface area contributed by atoms with E-state index in [4.69, 9.17) is 4.98 Å². The van der Waals surface area contributed by atoms with E-state index in [-0.39, 0.29) is 11.7 Å². The van der Waals surface area contributed by atoms with Gasteiger partial charge in [-0.3, -0.25) is 4.79 Å². The zero-order valence-electron chi connectivity index (χ0n) is 13.9. The molecule has 27 heavy (non-hydrogen) atoms. The van der Waals surface area contributed by atoms with Crippen molar-refractivity contribution in [3.05, 3.63) is 78.1 Å². The van der Waals surface area contributed by atoms with Crippen LogP contribution < -0.4 is 5.32 Å². The fourth-order valence-corrected chi connectivity index (χ4v) is 4.02. The summed E-state index contributed by atoms with van der Waals surface area (Å²) in [6.45, 7) is 0. The first-order valence-electron chi connectivity index (χ1n) is 8.33. The standard InChI is InChI=1S/C21H12FN3OS/c22-13-6-8-14(9-7-13)23-20(26)12-5-10-18-15(11-12)19-21(27-18)25-17-4-2-1-3-16(17)24-19/h1-11H,(H,23,26). The Balaban J connectivity index is 1.59. The number of amides is 1. The van der Waals surface area contributed by atoms with Crippen molar-refractivity contribution < 1.29 is 9.18 Å². The van der Waals surface area contributed by atoms with Crippen LogP contribution in [0.2, 0.25) is 0 Å². The summed E-state index contributed by atoms with van der Waals surface area (Å²) in [6, 6.07) is 18.9. The summed E-state index contributed by atoms with van der Waals surface area (Å²) in [6.07, 6.45) is 0. The first-order valence-corrected chi connectivity index (χ1v) is 9.15. The van der Waals surface area contributed by atoms with Gasteiger partial charge in [-0.15, -0.1) is 11.3 Å². The molecule has 2 heterocycles. The number of aromatic nitrogens is 2. The molecule has 4 nitrogen and oxygen atoms in total. The minimum Gasteiger partial charge on any atom is -0.322 e. The van der Waals surface area contributed by atoms with Crippen LogP contribution in [0.1, 0.15) is 10.4 Å². The molecule has 1 N–H and O–H groups in total. The van der Waals surface area contributed by atoms with Crippen molar-refractivity contribution in [1.82, 2.24) is 9.97 Å². The normalized spacial score (nSPS) is 11.3. The topological polar surface area (TPSA) is 54.9 Å². The van der Waals surface area contributed by atoms with Crippen molar-refractivity contribution in [3.8, 4) is 0 Å². The van der Waals surface area contributed by atoms with Gasteiger partial charge in [0.05, 0.1) is 11.0 Å². The molecule has 0 fully saturated rings.